The highest BCUT2D eigenvalue weighted by Crippen LogP contribution is 2.40. The van der Waals surface area contributed by atoms with Crippen LogP contribution in [0.1, 0.15) is 26.3 Å². The number of hydrogen-bond acceptors (Lipinski definition) is 6. The highest BCUT2D eigenvalue weighted by Gasteiger charge is 2.44. The zero-order chi connectivity index (χ0) is 20.9. The van der Waals surface area contributed by atoms with Gasteiger partial charge in [0, 0.05) is 18.3 Å². The van der Waals surface area contributed by atoms with Crippen LogP contribution >= 0.6 is 11.8 Å². The van der Waals surface area contributed by atoms with E-state index in [0.29, 0.717) is 40.9 Å². The van der Waals surface area contributed by atoms with Crippen molar-refractivity contribution in [2.75, 3.05) is 17.7 Å². The molecule has 3 aromatic rings. The van der Waals surface area contributed by atoms with Gasteiger partial charge in [-0.25, -0.2) is 24.3 Å². The van der Waals surface area contributed by atoms with Gasteiger partial charge in [-0.15, -0.1) is 6.58 Å². The molecule has 4 rings (SSSR count). The topological polar surface area (TPSA) is 85.9 Å². The van der Waals surface area contributed by atoms with Crippen molar-refractivity contribution in [3.05, 3.63) is 46.9 Å². The molecule has 3 aromatic heterocycles. The van der Waals surface area contributed by atoms with E-state index in [1.165, 1.54) is 16.4 Å². The second-order valence-corrected chi connectivity index (χ2v) is 8.07. The van der Waals surface area contributed by atoms with E-state index in [-0.39, 0.29) is 11.5 Å². The Labute approximate surface area is 172 Å². The van der Waals surface area contributed by atoms with Crippen LogP contribution in [0.3, 0.4) is 0 Å². The lowest BCUT2D eigenvalue weighted by molar-refractivity contribution is -0.122. The van der Waals surface area contributed by atoms with Gasteiger partial charge in [-0.1, -0.05) is 23.9 Å². The fraction of sp³-hybridized carbons (Fsp3) is 0.350. The molecule has 1 aliphatic heterocycles. The minimum Gasteiger partial charge on any atom is -0.296 e. The molecule has 0 radical (unpaired) electrons. The van der Waals surface area contributed by atoms with Gasteiger partial charge < -0.3 is 0 Å². The summed E-state index contributed by atoms with van der Waals surface area (Å²) in [4.78, 5) is 41.0. The number of thioether (sulfide) groups is 1. The van der Waals surface area contributed by atoms with Gasteiger partial charge in [-0.05, 0) is 33.1 Å². The van der Waals surface area contributed by atoms with E-state index in [0.717, 1.165) is 5.56 Å². The molecule has 1 amide bonds. The third-order valence-corrected chi connectivity index (χ3v) is 5.80. The Bertz CT molecular complexity index is 1210. The van der Waals surface area contributed by atoms with Crippen molar-refractivity contribution in [1.82, 2.24) is 24.3 Å². The van der Waals surface area contributed by atoms with Gasteiger partial charge in [0.25, 0.3) is 5.56 Å². The minimum absolute atomic E-state index is 0.0208. The summed E-state index contributed by atoms with van der Waals surface area (Å²) in [6.07, 6.45) is 5.08. The van der Waals surface area contributed by atoms with Crippen molar-refractivity contribution >= 4 is 34.5 Å². The third-order valence-electron chi connectivity index (χ3n) is 5.24. The highest BCUT2D eigenvalue weighted by atomic mass is 32.2. The van der Waals surface area contributed by atoms with E-state index >= 15 is 0 Å². The van der Waals surface area contributed by atoms with Gasteiger partial charge in [0.1, 0.15) is 11.2 Å². The monoisotopic (exact) mass is 410 g/mol. The fourth-order valence-corrected chi connectivity index (χ4v) is 4.06. The van der Waals surface area contributed by atoms with Gasteiger partial charge in [0.05, 0.1) is 12.0 Å². The Kier molecular flexibility index (Phi) is 4.57. The number of pyridine rings is 1. The molecule has 150 valence electrons. The number of nitrogens with zero attached hydrogens (tertiary/aromatic N) is 6. The third kappa shape index (κ3) is 2.71. The molecule has 0 saturated carbocycles. The van der Waals surface area contributed by atoms with Crippen LogP contribution in [0, 0.1) is 0 Å². The standard InChI is InChI=1S/C20H22N6O2S/c1-6-10-25-17(27)12-11-21-19(29-5)23-15(12)26(25)14-9-8-13-16(22-14)24(7-2)18(28)20(13,3)4/h6,8-9,11H,1,7,10H2,2-5H3. The summed E-state index contributed by atoms with van der Waals surface area (Å²) in [5, 5.41) is 0.977. The van der Waals surface area contributed by atoms with Gasteiger partial charge in [0.2, 0.25) is 5.91 Å². The Morgan fingerprint density at radius 2 is 2.00 bits per heavy atom. The molecule has 0 aliphatic carbocycles. The molecule has 0 bridgehead atoms. The first-order chi connectivity index (χ1) is 13.8. The number of likely N-dealkylation sites (N-methyl/N-ethyl adjacent to an activating group) is 1. The van der Waals surface area contributed by atoms with E-state index in [1.54, 1.807) is 21.9 Å². The summed E-state index contributed by atoms with van der Waals surface area (Å²) in [5.41, 5.74) is 0.514. The summed E-state index contributed by atoms with van der Waals surface area (Å²) in [6.45, 7) is 10.3. The van der Waals surface area contributed by atoms with Crippen molar-refractivity contribution in [2.45, 2.75) is 37.9 Å². The number of carbonyl (C=O) groups excluding carboxylic acids is 1. The van der Waals surface area contributed by atoms with Crippen molar-refractivity contribution < 1.29 is 4.79 Å². The number of hydrogen-bond donors (Lipinski definition) is 0. The maximum absolute atomic E-state index is 12.9. The van der Waals surface area contributed by atoms with E-state index in [9.17, 15) is 9.59 Å². The molecule has 0 N–H and O–H groups in total. The van der Waals surface area contributed by atoms with Gasteiger partial charge in [-0.2, -0.15) is 0 Å². The normalized spacial score (nSPS) is 15.2. The SMILES string of the molecule is C=CCn1c(=O)c2cnc(SC)nc2n1-c1ccc2c(n1)N(CC)C(=O)C2(C)C. The Hall–Kier alpha value is -2.94. The predicted molar refractivity (Wildman–Crippen MR) is 114 cm³/mol. The van der Waals surface area contributed by atoms with Crippen LogP contribution in [-0.2, 0) is 16.8 Å². The Morgan fingerprint density at radius 1 is 1.24 bits per heavy atom. The molecule has 0 unspecified atom stereocenters. The molecule has 0 spiro atoms. The van der Waals surface area contributed by atoms with Crippen molar-refractivity contribution in [3.63, 3.8) is 0 Å². The summed E-state index contributed by atoms with van der Waals surface area (Å²) in [6, 6.07) is 3.74. The number of allylic oxidation sites excluding steroid dienone is 1. The fourth-order valence-electron chi connectivity index (χ4n) is 3.72. The van der Waals surface area contributed by atoms with Crippen molar-refractivity contribution in [1.29, 1.82) is 0 Å². The summed E-state index contributed by atoms with van der Waals surface area (Å²) in [5.74, 6) is 1.17. The van der Waals surface area contributed by atoms with Crippen LogP contribution < -0.4 is 10.5 Å². The van der Waals surface area contributed by atoms with Gasteiger partial charge >= 0.3 is 0 Å². The average Bonchev–Trinajstić information content (AvgIpc) is 3.09. The van der Waals surface area contributed by atoms with E-state index < -0.39 is 5.41 Å². The lowest BCUT2D eigenvalue weighted by Gasteiger charge is -2.17. The zero-order valence-electron chi connectivity index (χ0n) is 16.8. The summed E-state index contributed by atoms with van der Waals surface area (Å²) in [7, 11) is 0. The molecule has 1 aliphatic rings. The largest absolute Gasteiger partial charge is 0.296 e. The first-order valence-electron chi connectivity index (χ1n) is 9.32. The first-order valence-corrected chi connectivity index (χ1v) is 10.5. The van der Waals surface area contributed by atoms with Gasteiger partial charge in [-0.3, -0.25) is 14.5 Å². The highest BCUT2D eigenvalue weighted by molar-refractivity contribution is 7.98. The number of amides is 1. The van der Waals surface area contributed by atoms with E-state index in [2.05, 4.69) is 16.5 Å². The maximum atomic E-state index is 12.9. The van der Waals surface area contributed by atoms with Gasteiger partial charge in [0.15, 0.2) is 16.6 Å². The summed E-state index contributed by atoms with van der Waals surface area (Å²) >= 11 is 1.40. The molecular formula is C20H22N6O2S. The Morgan fingerprint density at radius 3 is 2.66 bits per heavy atom. The molecule has 9 heteroatoms. The van der Waals surface area contributed by atoms with Crippen molar-refractivity contribution in [3.8, 4) is 5.82 Å². The van der Waals surface area contributed by atoms with E-state index in [4.69, 9.17) is 4.98 Å². The minimum atomic E-state index is -0.634. The number of carbonyl (C=O) groups is 1. The molecule has 0 saturated heterocycles. The molecule has 0 atom stereocenters. The zero-order valence-corrected chi connectivity index (χ0v) is 17.7. The number of aromatic nitrogens is 5. The molecule has 29 heavy (non-hydrogen) atoms. The molecule has 0 fully saturated rings. The first kappa shape index (κ1) is 19.4. The number of fused-ring (bicyclic) bond motifs is 2. The second-order valence-electron chi connectivity index (χ2n) is 7.30. The molecular weight excluding hydrogens is 388 g/mol. The average molecular weight is 411 g/mol. The number of anilines is 1. The summed E-state index contributed by atoms with van der Waals surface area (Å²) < 4.78 is 3.22. The predicted octanol–water partition coefficient (Wildman–Crippen LogP) is 2.53. The lowest BCUT2D eigenvalue weighted by Crippen LogP contribution is -2.36. The second kappa shape index (κ2) is 6.84. The molecule has 4 heterocycles. The van der Waals surface area contributed by atoms with Crippen LogP contribution in [0.15, 0.2) is 40.9 Å². The smallest absolute Gasteiger partial charge is 0.278 e. The Balaban J connectivity index is 2.02. The van der Waals surface area contributed by atoms with Crippen LogP contribution in [0.25, 0.3) is 16.9 Å². The van der Waals surface area contributed by atoms with Crippen LogP contribution in [0.2, 0.25) is 0 Å². The number of rotatable bonds is 5. The maximum Gasteiger partial charge on any atom is 0.278 e. The quantitative estimate of drug-likeness (QED) is 0.365. The molecule has 0 aromatic carbocycles. The van der Waals surface area contributed by atoms with Crippen LogP contribution in [-0.4, -0.2) is 43.0 Å². The lowest BCUT2D eigenvalue weighted by atomic mass is 9.87. The van der Waals surface area contributed by atoms with Crippen LogP contribution in [0.4, 0.5) is 5.82 Å². The molecule has 8 nitrogen and oxygen atoms in total. The van der Waals surface area contributed by atoms with Crippen molar-refractivity contribution in [2.24, 2.45) is 0 Å². The van der Waals surface area contributed by atoms with E-state index in [1.807, 2.05) is 39.2 Å². The van der Waals surface area contributed by atoms with Crippen LogP contribution in [0.5, 0.6) is 0 Å².